The SMILES string of the molecule is COc1ccc(CCCC(=O)Nc2ccc3[nH]c(=O)oc3c2)cc1OC. The summed E-state index contributed by atoms with van der Waals surface area (Å²) >= 11 is 0. The Hall–Kier alpha value is -3.22. The average Bonchev–Trinajstić information content (AvgIpc) is 3.00. The molecule has 1 aromatic heterocycles. The van der Waals surface area contributed by atoms with E-state index >= 15 is 0 Å². The van der Waals surface area contributed by atoms with Crippen LogP contribution in [0.1, 0.15) is 18.4 Å². The number of amides is 1. The van der Waals surface area contributed by atoms with E-state index in [-0.39, 0.29) is 5.91 Å². The van der Waals surface area contributed by atoms with Gasteiger partial charge in [-0.25, -0.2) is 4.79 Å². The standard InChI is InChI=1S/C19H20N2O5/c1-24-15-9-6-12(10-17(15)25-2)4-3-5-18(22)20-13-7-8-14-16(11-13)26-19(23)21-14/h6-11H,3-5H2,1-2H3,(H,20,22)(H,21,23). The number of methoxy groups -OCH3 is 2. The largest absolute Gasteiger partial charge is 0.493 e. The van der Waals surface area contributed by atoms with Crippen LogP contribution in [0, 0.1) is 0 Å². The van der Waals surface area contributed by atoms with Gasteiger partial charge in [0.2, 0.25) is 5.91 Å². The van der Waals surface area contributed by atoms with E-state index in [2.05, 4.69) is 10.3 Å². The highest BCUT2D eigenvalue weighted by Crippen LogP contribution is 2.28. The lowest BCUT2D eigenvalue weighted by Crippen LogP contribution is -2.11. The molecule has 0 saturated heterocycles. The van der Waals surface area contributed by atoms with Gasteiger partial charge < -0.3 is 19.2 Å². The van der Waals surface area contributed by atoms with Gasteiger partial charge in [-0.05, 0) is 42.7 Å². The lowest BCUT2D eigenvalue weighted by molar-refractivity contribution is -0.116. The van der Waals surface area contributed by atoms with Crippen molar-refractivity contribution in [2.75, 3.05) is 19.5 Å². The van der Waals surface area contributed by atoms with Crippen molar-refractivity contribution in [3.8, 4) is 11.5 Å². The molecule has 136 valence electrons. The van der Waals surface area contributed by atoms with Gasteiger partial charge in [-0.3, -0.25) is 9.78 Å². The highest BCUT2D eigenvalue weighted by atomic mass is 16.5. The normalized spacial score (nSPS) is 10.7. The Morgan fingerprint density at radius 1 is 1.12 bits per heavy atom. The zero-order valence-corrected chi connectivity index (χ0v) is 14.6. The van der Waals surface area contributed by atoms with E-state index < -0.39 is 5.76 Å². The number of aryl methyl sites for hydroxylation is 1. The van der Waals surface area contributed by atoms with E-state index in [9.17, 15) is 9.59 Å². The van der Waals surface area contributed by atoms with Gasteiger partial charge >= 0.3 is 5.76 Å². The Morgan fingerprint density at radius 3 is 2.69 bits per heavy atom. The number of anilines is 1. The molecular formula is C19H20N2O5. The van der Waals surface area contributed by atoms with E-state index in [1.54, 1.807) is 32.4 Å². The summed E-state index contributed by atoms with van der Waals surface area (Å²) < 4.78 is 15.5. The first-order chi connectivity index (χ1) is 12.6. The molecule has 3 rings (SSSR count). The van der Waals surface area contributed by atoms with Crippen LogP contribution in [0.4, 0.5) is 5.69 Å². The maximum absolute atomic E-state index is 12.1. The van der Waals surface area contributed by atoms with Crippen LogP contribution in [0.15, 0.2) is 45.6 Å². The van der Waals surface area contributed by atoms with E-state index in [0.717, 1.165) is 12.0 Å². The maximum Gasteiger partial charge on any atom is 0.417 e. The van der Waals surface area contributed by atoms with E-state index in [1.807, 2.05) is 18.2 Å². The fourth-order valence-electron chi connectivity index (χ4n) is 2.74. The van der Waals surface area contributed by atoms with Gasteiger partial charge in [0, 0.05) is 18.2 Å². The van der Waals surface area contributed by atoms with Crippen molar-refractivity contribution in [3.63, 3.8) is 0 Å². The second kappa shape index (κ2) is 7.77. The number of aromatic nitrogens is 1. The monoisotopic (exact) mass is 356 g/mol. The molecule has 0 bridgehead atoms. The molecule has 0 saturated carbocycles. The Balaban J connectivity index is 1.54. The average molecular weight is 356 g/mol. The second-order valence-corrected chi connectivity index (χ2v) is 5.82. The van der Waals surface area contributed by atoms with Gasteiger partial charge in [0.1, 0.15) is 0 Å². The van der Waals surface area contributed by atoms with Gasteiger partial charge in [-0.1, -0.05) is 6.07 Å². The summed E-state index contributed by atoms with van der Waals surface area (Å²) in [5.74, 6) is 0.748. The third kappa shape index (κ3) is 4.05. The van der Waals surface area contributed by atoms with Gasteiger partial charge in [0.25, 0.3) is 0 Å². The molecule has 0 aliphatic carbocycles. The third-order valence-electron chi connectivity index (χ3n) is 4.02. The van der Waals surface area contributed by atoms with Crippen LogP contribution in [0.5, 0.6) is 11.5 Å². The molecule has 7 nitrogen and oxygen atoms in total. The molecular weight excluding hydrogens is 336 g/mol. The number of fused-ring (bicyclic) bond motifs is 1. The number of rotatable bonds is 7. The van der Waals surface area contributed by atoms with Gasteiger partial charge in [-0.2, -0.15) is 0 Å². The number of carbonyl (C=O) groups excluding carboxylic acids is 1. The number of benzene rings is 2. The lowest BCUT2D eigenvalue weighted by Gasteiger charge is -2.09. The van der Waals surface area contributed by atoms with Crippen LogP contribution in [0.2, 0.25) is 0 Å². The van der Waals surface area contributed by atoms with Crippen molar-refractivity contribution in [2.24, 2.45) is 0 Å². The molecule has 7 heteroatoms. The summed E-state index contributed by atoms with van der Waals surface area (Å²) in [5, 5.41) is 2.81. The van der Waals surface area contributed by atoms with E-state index in [0.29, 0.717) is 41.1 Å². The van der Waals surface area contributed by atoms with Gasteiger partial charge in [0.05, 0.1) is 19.7 Å². The van der Waals surface area contributed by atoms with E-state index in [1.165, 1.54) is 0 Å². The Kier molecular flexibility index (Phi) is 5.26. The molecule has 26 heavy (non-hydrogen) atoms. The molecule has 2 N–H and O–H groups in total. The van der Waals surface area contributed by atoms with Crippen molar-refractivity contribution >= 4 is 22.7 Å². The molecule has 0 spiro atoms. The van der Waals surface area contributed by atoms with Crippen molar-refractivity contribution in [1.29, 1.82) is 0 Å². The minimum absolute atomic E-state index is 0.0947. The number of H-pyrrole nitrogens is 1. The summed E-state index contributed by atoms with van der Waals surface area (Å²) in [4.78, 5) is 25.8. The summed E-state index contributed by atoms with van der Waals surface area (Å²) in [7, 11) is 3.19. The van der Waals surface area contributed by atoms with Crippen molar-refractivity contribution in [1.82, 2.24) is 4.98 Å². The fourth-order valence-corrected chi connectivity index (χ4v) is 2.74. The highest BCUT2D eigenvalue weighted by molar-refractivity contribution is 5.92. The van der Waals surface area contributed by atoms with E-state index in [4.69, 9.17) is 13.9 Å². The molecule has 0 unspecified atom stereocenters. The van der Waals surface area contributed by atoms with Crippen LogP contribution in [-0.4, -0.2) is 25.1 Å². The predicted molar refractivity (Wildman–Crippen MR) is 97.9 cm³/mol. The summed E-state index contributed by atoms with van der Waals surface area (Å²) in [6.45, 7) is 0. The Bertz CT molecular complexity index is 973. The molecule has 3 aromatic rings. The first kappa shape index (κ1) is 17.6. The number of hydrogen-bond acceptors (Lipinski definition) is 5. The second-order valence-electron chi connectivity index (χ2n) is 5.82. The molecule has 0 aliphatic heterocycles. The number of carbonyl (C=O) groups is 1. The predicted octanol–water partition coefficient (Wildman–Crippen LogP) is 3.10. The number of nitrogens with one attached hydrogen (secondary N) is 2. The molecule has 0 atom stereocenters. The molecule has 0 radical (unpaired) electrons. The van der Waals surface area contributed by atoms with Crippen LogP contribution in [-0.2, 0) is 11.2 Å². The minimum atomic E-state index is -0.515. The van der Waals surface area contributed by atoms with Crippen LogP contribution >= 0.6 is 0 Å². The highest BCUT2D eigenvalue weighted by Gasteiger charge is 2.08. The summed E-state index contributed by atoms with van der Waals surface area (Å²) in [6, 6.07) is 10.8. The quantitative estimate of drug-likeness (QED) is 0.678. The zero-order valence-electron chi connectivity index (χ0n) is 14.6. The van der Waals surface area contributed by atoms with Crippen molar-refractivity contribution in [2.45, 2.75) is 19.3 Å². The number of oxazole rings is 1. The smallest absolute Gasteiger partial charge is 0.417 e. The zero-order chi connectivity index (χ0) is 18.5. The summed E-state index contributed by atoms with van der Waals surface area (Å²) in [5.41, 5.74) is 2.68. The van der Waals surface area contributed by atoms with Crippen LogP contribution < -0.4 is 20.5 Å². The number of hydrogen-bond donors (Lipinski definition) is 2. The van der Waals surface area contributed by atoms with Crippen LogP contribution in [0.25, 0.3) is 11.1 Å². The topological polar surface area (TPSA) is 93.6 Å². The lowest BCUT2D eigenvalue weighted by atomic mass is 10.1. The number of ether oxygens (including phenoxy) is 2. The molecule has 1 heterocycles. The van der Waals surface area contributed by atoms with Crippen molar-refractivity contribution < 1.29 is 18.7 Å². The first-order valence-corrected chi connectivity index (χ1v) is 8.22. The molecule has 1 amide bonds. The Labute approximate surface area is 149 Å². The third-order valence-corrected chi connectivity index (χ3v) is 4.02. The molecule has 2 aromatic carbocycles. The Morgan fingerprint density at radius 2 is 1.92 bits per heavy atom. The van der Waals surface area contributed by atoms with Crippen molar-refractivity contribution in [3.05, 3.63) is 52.5 Å². The first-order valence-electron chi connectivity index (χ1n) is 8.22. The fraction of sp³-hybridized carbons (Fsp3) is 0.263. The van der Waals surface area contributed by atoms with Crippen LogP contribution in [0.3, 0.4) is 0 Å². The molecule has 0 fully saturated rings. The summed E-state index contributed by atoms with van der Waals surface area (Å²) in [6.07, 6.45) is 1.83. The molecule has 0 aliphatic rings. The minimum Gasteiger partial charge on any atom is -0.493 e. The maximum atomic E-state index is 12.1. The van der Waals surface area contributed by atoms with Gasteiger partial charge in [-0.15, -0.1) is 0 Å². The number of aromatic amines is 1. The van der Waals surface area contributed by atoms with Gasteiger partial charge in [0.15, 0.2) is 17.1 Å².